The molecule has 0 radical (unpaired) electrons. The maximum atomic E-state index is 11.8. The van der Waals surface area contributed by atoms with Crippen molar-refractivity contribution in [3.8, 4) is 0 Å². The Kier molecular flexibility index (Phi) is 23.2. The molecule has 0 spiro atoms. The summed E-state index contributed by atoms with van der Waals surface area (Å²) in [6, 6.07) is 0. The fraction of sp³-hybridized carbons (Fsp3) is 0.917. The fourth-order valence-electron chi connectivity index (χ4n) is 3.31. The van der Waals surface area contributed by atoms with Crippen LogP contribution in [0, 0.1) is 5.92 Å². The van der Waals surface area contributed by atoms with Gasteiger partial charge in [-0.2, -0.15) is 0 Å². The van der Waals surface area contributed by atoms with Gasteiger partial charge in [-0.1, -0.05) is 19.3 Å². The summed E-state index contributed by atoms with van der Waals surface area (Å²) in [5.41, 5.74) is 0. The van der Waals surface area contributed by atoms with Crippen LogP contribution < -0.4 is 16.5 Å². The van der Waals surface area contributed by atoms with Crippen LogP contribution in [0.2, 0.25) is 0 Å². The Morgan fingerprint density at radius 2 is 1.28 bits per heavy atom. The van der Waals surface area contributed by atoms with E-state index in [1.54, 1.807) is 0 Å². The summed E-state index contributed by atoms with van der Waals surface area (Å²) in [4.78, 5) is 32.8. The second-order valence-corrected chi connectivity index (χ2v) is 11.7. The molecule has 1 unspecified atom stereocenters. The zero-order chi connectivity index (χ0) is 28.4. The lowest BCUT2D eigenvalue weighted by Gasteiger charge is -2.23. The average molecular weight is 602 g/mol. The van der Waals surface area contributed by atoms with Crippen LogP contribution in [0.5, 0.6) is 0 Å². The Bertz CT molecular complexity index is 676. The Morgan fingerprint density at radius 1 is 0.744 bits per heavy atom. The molecule has 0 bridgehead atoms. The first-order valence-corrected chi connectivity index (χ1v) is 16.3. The summed E-state index contributed by atoms with van der Waals surface area (Å²) in [6.07, 6.45) is 6.86. The highest BCUT2D eigenvalue weighted by Gasteiger charge is 2.24. The molecule has 1 aliphatic rings. The van der Waals surface area contributed by atoms with Gasteiger partial charge in [-0.15, -0.1) is 0 Å². The third-order valence-electron chi connectivity index (χ3n) is 5.76. The van der Waals surface area contributed by atoms with Gasteiger partial charge in [0.2, 0.25) is 11.8 Å². The second kappa shape index (κ2) is 25.0. The summed E-state index contributed by atoms with van der Waals surface area (Å²) in [5.74, 6) is 5.14. The van der Waals surface area contributed by atoms with E-state index in [1.165, 1.54) is 0 Å². The van der Waals surface area contributed by atoms with Crippen molar-refractivity contribution in [3.05, 3.63) is 0 Å². The summed E-state index contributed by atoms with van der Waals surface area (Å²) >= 11 is 4.62. The molecule has 1 saturated carbocycles. The van der Waals surface area contributed by atoms with Gasteiger partial charge in [0.1, 0.15) is 0 Å². The van der Waals surface area contributed by atoms with Gasteiger partial charge in [0.05, 0.1) is 72.7 Å². The van der Waals surface area contributed by atoms with Crippen molar-refractivity contribution in [2.75, 3.05) is 85.8 Å². The molecule has 0 aromatic carbocycles. The number of hydrogen-bond donors (Lipinski definition) is 4. The molecule has 2 amide bonds. The molecule has 0 heterocycles. The van der Waals surface area contributed by atoms with E-state index in [-0.39, 0.29) is 17.7 Å². The van der Waals surface area contributed by atoms with Crippen molar-refractivity contribution in [1.82, 2.24) is 10.6 Å². The van der Waals surface area contributed by atoms with Gasteiger partial charge in [0.15, 0.2) is 0 Å². The largest absolute Gasteiger partial charge is 0.379 e. The lowest BCUT2D eigenvalue weighted by atomic mass is 9.85. The molecule has 1 fully saturated rings. The number of carbonyl (C=O) groups excluding carboxylic acids is 2. The monoisotopic (exact) mass is 601 g/mol. The molecule has 0 saturated heterocycles. The van der Waals surface area contributed by atoms with Crippen LogP contribution in [0.1, 0.15) is 51.4 Å². The average Bonchev–Trinajstić information content (AvgIpc) is 2.88. The van der Waals surface area contributed by atoms with Crippen molar-refractivity contribution in [1.29, 1.82) is 0 Å². The zero-order valence-electron chi connectivity index (χ0n) is 23.0. The molecule has 1 aliphatic carbocycles. The Labute approximate surface area is 237 Å². The lowest BCUT2D eigenvalue weighted by molar-refractivity contribution is -0.127. The Morgan fingerprint density at radius 3 is 1.82 bits per heavy atom. The molecule has 5 N–H and O–H groups in total. The van der Waals surface area contributed by atoms with Gasteiger partial charge in [-0.25, -0.2) is 10.5 Å². The first-order chi connectivity index (χ1) is 18.9. The minimum Gasteiger partial charge on any atom is -0.379 e. The highest BCUT2D eigenvalue weighted by atomic mass is 32.5. The minimum atomic E-state index is -3.27. The van der Waals surface area contributed by atoms with Crippen LogP contribution in [0.4, 0.5) is 0 Å². The van der Waals surface area contributed by atoms with Crippen LogP contribution in [0.3, 0.4) is 0 Å². The third-order valence-corrected chi connectivity index (χ3v) is 7.11. The summed E-state index contributed by atoms with van der Waals surface area (Å²) < 4.78 is 36.3. The highest BCUT2D eigenvalue weighted by Crippen LogP contribution is 2.41. The van der Waals surface area contributed by atoms with Crippen molar-refractivity contribution >= 4 is 30.3 Å². The lowest BCUT2D eigenvalue weighted by Crippen LogP contribution is -2.36. The van der Waals surface area contributed by atoms with E-state index >= 15 is 0 Å². The molecule has 13 nitrogen and oxygen atoms in total. The predicted molar refractivity (Wildman–Crippen MR) is 148 cm³/mol. The predicted octanol–water partition coefficient (Wildman–Crippen LogP) is 1.18. The molecule has 0 aromatic rings. The van der Waals surface area contributed by atoms with Gasteiger partial charge in [0.25, 0.3) is 0 Å². The van der Waals surface area contributed by atoms with E-state index in [4.69, 9.17) is 34.1 Å². The van der Waals surface area contributed by atoms with Gasteiger partial charge >= 0.3 is 6.72 Å². The number of carbonyl (C=O) groups is 2. The second-order valence-electron chi connectivity index (χ2n) is 8.90. The molecule has 230 valence electrons. The Balaban J connectivity index is 1.69. The SMILES string of the molecule is NOP(O)(=S)OCCCCCCNC(=O)CCOCCOCCOCCOCCOCCNC(=O)C1CCC1. The van der Waals surface area contributed by atoms with Gasteiger partial charge in [-0.05, 0) is 37.5 Å². The maximum absolute atomic E-state index is 11.8. The van der Waals surface area contributed by atoms with Crippen molar-refractivity contribution in [3.63, 3.8) is 0 Å². The van der Waals surface area contributed by atoms with Crippen LogP contribution in [0.25, 0.3) is 0 Å². The summed E-state index contributed by atoms with van der Waals surface area (Å²) in [7, 11) is 0. The molecular formula is C24H48N3O10PS. The number of ether oxygens (including phenoxy) is 5. The first-order valence-electron chi connectivity index (χ1n) is 13.7. The van der Waals surface area contributed by atoms with Crippen LogP contribution in [-0.2, 0) is 54.2 Å². The van der Waals surface area contributed by atoms with Crippen LogP contribution in [0.15, 0.2) is 0 Å². The van der Waals surface area contributed by atoms with Gasteiger partial charge in [-0.3, -0.25) is 9.59 Å². The fourth-order valence-corrected chi connectivity index (χ4v) is 3.96. The Hall–Kier alpha value is -0.770. The molecule has 1 rings (SSSR count). The molecule has 15 heteroatoms. The third kappa shape index (κ3) is 22.6. The number of hydrogen-bond acceptors (Lipinski definition) is 11. The maximum Gasteiger partial charge on any atom is 0.341 e. The topological polar surface area (TPSA) is 169 Å². The number of rotatable bonds is 28. The van der Waals surface area contributed by atoms with E-state index in [1.807, 2.05) is 0 Å². The molecule has 39 heavy (non-hydrogen) atoms. The number of nitrogens with one attached hydrogen (secondary N) is 2. The van der Waals surface area contributed by atoms with Crippen molar-refractivity contribution in [2.45, 2.75) is 51.4 Å². The number of unbranched alkanes of at least 4 members (excludes halogenated alkanes) is 3. The number of amides is 2. The van der Waals surface area contributed by atoms with Crippen molar-refractivity contribution in [2.24, 2.45) is 11.8 Å². The van der Waals surface area contributed by atoms with E-state index in [0.717, 1.165) is 44.9 Å². The van der Waals surface area contributed by atoms with E-state index < -0.39 is 6.72 Å². The van der Waals surface area contributed by atoms with Gasteiger partial charge in [0, 0.05) is 25.4 Å². The highest BCUT2D eigenvalue weighted by molar-refractivity contribution is 8.07. The van der Waals surface area contributed by atoms with Crippen molar-refractivity contribution < 1.29 is 47.3 Å². The quantitative estimate of drug-likeness (QED) is 0.0575. The zero-order valence-corrected chi connectivity index (χ0v) is 24.7. The molecule has 0 aromatic heterocycles. The smallest absolute Gasteiger partial charge is 0.341 e. The number of nitrogens with two attached hydrogens (primary N) is 1. The first kappa shape index (κ1) is 36.3. The minimum absolute atomic E-state index is 0.0461. The van der Waals surface area contributed by atoms with E-state index in [0.29, 0.717) is 92.2 Å². The molecular weight excluding hydrogens is 553 g/mol. The summed E-state index contributed by atoms with van der Waals surface area (Å²) in [5, 5.41) is 5.74. The molecule has 1 atom stereocenters. The standard InChI is InChI=1S/C24H48N3O10PS/c25-37-38(30,39)36-11-4-2-1-3-9-26-23(28)8-12-31-14-16-33-18-20-35-21-19-34-17-15-32-13-10-27-24(29)22-6-5-7-22/h22H,1-21,25H2,(H,26,28)(H,27,29)(H,30,39). The van der Waals surface area contributed by atoms with Crippen LogP contribution in [-0.4, -0.2) is 102 Å². The van der Waals surface area contributed by atoms with E-state index in [9.17, 15) is 14.5 Å². The van der Waals surface area contributed by atoms with Gasteiger partial charge < -0.3 is 43.7 Å². The van der Waals surface area contributed by atoms with E-state index in [2.05, 4.69) is 27.1 Å². The normalized spacial score (nSPS) is 15.0. The van der Waals surface area contributed by atoms with Crippen LogP contribution >= 0.6 is 6.72 Å². The summed E-state index contributed by atoms with van der Waals surface area (Å²) in [6.45, 7) is 2.71. The molecule has 0 aliphatic heterocycles.